The molecule has 1 heterocycles. The van der Waals surface area contributed by atoms with E-state index in [1.807, 2.05) is 6.92 Å². The van der Waals surface area contributed by atoms with Gasteiger partial charge in [-0.25, -0.2) is 9.37 Å². The Kier molecular flexibility index (Phi) is 4.70. The minimum atomic E-state index is -0.524. The molecule has 5 nitrogen and oxygen atoms in total. The lowest BCUT2D eigenvalue weighted by molar-refractivity contribution is -0.384. The van der Waals surface area contributed by atoms with Crippen molar-refractivity contribution < 1.29 is 9.31 Å². The number of benzene rings is 1. The Labute approximate surface area is 125 Å². The van der Waals surface area contributed by atoms with Crippen molar-refractivity contribution in [1.29, 1.82) is 0 Å². The summed E-state index contributed by atoms with van der Waals surface area (Å²) in [5.41, 5.74) is 0.833. The van der Waals surface area contributed by atoms with E-state index in [1.165, 1.54) is 24.3 Å². The van der Waals surface area contributed by atoms with Crippen LogP contribution in [-0.4, -0.2) is 15.9 Å². The Hall–Kier alpha value is -2.21. The van der Waals surface area contributed by atoms with Gasteiger partial charge < -0.3 is 5.32 Å². The van der Waals surface area contributed by atoms with E-state index in [9.17, 15) is 14.5 Å². The second kappa shape index (κ2) is 6.49. The predicted molar refractivity (Wildman–Crippen MR) is 79.1 cm³/mol. The van der Waals surface area contributed by atoms with Crippen molar-refractivity contribution in [2.24, 2.45) is 0 Å². The first-order valence-electron chi connectivity index (χ1n) is 6.27. The highest BCUT2D eigenvalue weighted by molar-refractivity contribution is 6.29. The average molecular weight is 310 g/mol. The Morgan fingerprint density at radius 3 is 2.67 bits per heavy atom. The fraction of sp³-hybridized carbons (Fsp3) is 0.214. The fourth-order valence-electron chi connectivity index (χ4n) is 1.94. The molecule has 2 rings (SSSR count). The Bertz CT molecular complexity index is 649. The molecule has 1 N–H and O–H groups in total. The quantitative estimate of drug-likeness (QED) is 0.518. The number of hydrogen-bond donors (Lipinski definition) is 1. The highest BCUT2D eigenvalue weighted by atomic mass is 35.5. The first-order chi connectivity index (χ1) is 9.94. The van der Waals surface area contributed by atoms with Crippen molar-refractivity contribution in [2.75, 3.05) is 5.32 Å². The normalized spacial score (nSPS) is 12.0. The van der Waals surface area contributed by atoms with E-state index in [0.29, 0.717) is 12.2 Å². The van der Waals surface area contributed by atoms with Crippen LogP contribution < -0.4 is 5.32 Å². The van der Waals surface area contributed by atoms with Crippen molar-refractivity contribution in [1.82, 2.24) is 4.98 Å². The van der Waals surface area contributed by atoms with Gasteiger partial charge >= 0.3 is 0 Å². The molecule has 0 spiro atoms. The fourth-order valence-corrected chi connectivity index (χ4v) is 2.14. The van der Waals surface area contributed by atoms with Crippen LogP contribution >= 0.6 is 11.6 Å². The third kappa shape index (κ3) is 4.39. The summed E-state index contributed by atoms with van der Waals surface area (Å²) in [6.07, 6.45) is 0.627. The van der Waals surface area contributed by atoms with Crippen LogP contribution in [0.1, 0.15) is 12.5 Å². The number of halogens is 2. The monoisotopic (exact) mass is 309 g/mol. The van der Waals surface area contributed by atoms with E-state index in [1.54, 1.807) is 12.1 Å². The SMILES string of the molecule is CC(Cc1ccc(F)cc1)Nc1cc([N+](=O)[O-])cc(Cl)n1. The van der Waals surface area contributed by atoms with Gasteiger partial charge in [-0.15, -0.1) is 0 Å². The molecule has 0 amide bonds. The number of anilines is 1. The number of nitro groups is 1. The zero-order valence-corrected chi connectivity index (χ0v) is 12.0. The molecule has 0 aliphatic rings. The highest BCUT2D eigenvalue weighted by Crippen LogP contribution is 2.21. The lowest BCUT2D eigenvalue weighted by atomic mass is 10.1. The Morgan fingerprint density at radius 1 is 1.38 bits per heavy atom. The van der Waals surface area contributed by atoms with Gasteiger partial charge in [-0.3, -0.25) is 10.1 Å². The number of aromatic nitrogens is 1. The van der Waals surface area contributed by atoms with Crippen LogP contribution in [0.3, 0.4) is 0 Å². The minimum absolute atomic E-state index is 0.0407. The maximum Gasteiger partial charge on any atom is 0.276 e. The number of nitrogens with zero attached hydrogens (tertiary/aromatic N) is 2. The van der Waals surface area contributed by atoms with Gasteiger partial charge in [-0.2, -0.15) is 0 Å². The lowest BCUT2D eigenvalue weighted by Crippen LogP contribution is -2.19. The predicted octanol–water partition coefficient (Wildman–Crippen LogP) is 3.83. The van der Waals surface area contributed by atoms with E-state index in [0.717, 1.165) is 5.56 Å². The third-order valence-electron chi connectivity index (χ3n) is 2.84. The van der Waals surface area contributed by atoms with Gasteiger partial charge in [0.2, 0.25) is 0 Å². The molecule has 0 aliphatic carbocycles. The molecule has 0 bridgehead atoms. The van der Waals surface area contributed by atoms with Crippen molar-refractivity contribution in [3.63, 3.8) is 0 Å². The summed E-state index contributed by atoms with van der Waals surface area (Å²) in [5, 5.41) is 13.9. The van der Waals surface area contributed by atoms with Crippen molar-refractivity contribution in [3.8, 4) is 0 Å². The molecular weight excluding hydrogens is 297 g/mol. The summed E-state index contributed by atoms with van der Waals surface area (Å²) < 4.78 is 12.8. The molecule has 0 fully saturated rings. The molecule has 7 heteroatoms. The molecule has 110 valence electrons. The molecule has 1 unspecified atom stereocenters. The van der Waals surface area contributed by atoms with E-state index < -0.39 is 4.92 Å². The zero-order chi connectivity index (χ0) is 15.4. The van der Waals surface area contributed by atoms with Crippen molar-refractivity contribution in [3.05, 3.63) is 63.0 Å². The van der Waals surface area contributed by atoms with Gasteiger partial charge in [0.05, 0.1) is 17.1 Å². The van der Waals surface area contributed by atoms with Gasteiger partial charge in [0.25, 0.3) is 5.69 Å². The Balaban J connectivity index is 2.07. The van der Waals surface area contributed by atoms with Gasteiger partial charge in [-0.05, 0) is 31.0 Å². The van der Waals surface area contributed by atoms with E-state index in [2.05, 4.69) is 10.3 Å². The van der Waals surface area contributed by atoms with Crippen LogP contribution in [0.5, 0.6) is 0 Å². The summed E-state index contributed by atoms with van der Waals surface area (Å²) in [4.78, 5) is 14.2. The Morgan fingerprint density at radius 2 is 2.05 bits per heavy atom. The van der Waals surface area contributed by atoms with Crippen LogP contribution in [0.2, 0.25) is 5.15 Å². The first-order valence-corrected chi connectivity index (χ1v) is 6.65. The molecule has 0 radical (unpaired) electrons. The number of hydrogen-bond acceptors (Lipinski definition) is 4. The second-order valence-corrected chi connectivity index (χ2v) is 5.05. The van der Waals surface area contributed by atoms with Gasteiger partial charge in [-0.1, -0.05) is 23.7 Å². The second-order valence-electron chi connectivity index (χ2n) is 4.67. The van der Waals surface area contributed by atoms with Gasteiger partial charge in [0.1, 0.15) is 16.8 Å². The van der Waals surface area contributed by atoms with Gasteiger partial charge in [0.15, 0.2) is 0 Å². The van der Waals surface area contributed by atoms with Crippen LogP contribution in [0.4, 0.5) is 15.9 Å². The summed E-state index contributed by atoms with van der Waals surface area (Å²) in [5.74, 6) is 0.0512. The van der Waals surface area contributed by atoms with Crippen LogP contribution in [0.15, 0.2) is 36.4 Å². The zero-order valence-electron chi connectivity index (χ0n) is 11.2. The average Bonchev–Trinajstić information content (AvgIpc) is 2.40. The lowest BCUT2D eigenvalue weighted by Gasteiger charge is -2.14. The largest absolute Gasteiger partial charge is 0.367 e. The van der Waals surface area contributed by atoms with Crippen LogP contribution in [-0.2, 0) is 6.42 Å². The summed E-state index contributed by atoms with van der Waals surface area (Å²) in [6, 6.07) is 8.66. The molecule has 2 aromatic rings. The standard InChI is InChI=1S/C14H13ClFN3O2/c1-9(6-10-2-4-11(16)5-3-10)17-14-8-12(19(20)21)7-13(15)18-14/h2-5,7-9H,6H2,1H3,(H,17,18). The molecule has 1 atom stereocenters. The van der Waals surface area contributed by atoms with Crippen LogP contribution in [0.25, 0.3) is 0 Å². The van der Waals surface area contributed by atoms with E-state index in [4.69, 9.17) is 11.6 Å². The summed E-state index contributed by atoms with van der Waals surface area (Å²) in [6.45, 7) is 1.90. The number of pyridine rings is 1. The van der Waals surface area contributed by atoms with Crippen molar-refractivity contribution in [2.45, 2.75) is 19.4 Å². The molecule has 0 saturated carbocycles. The van der Waals surface area contributed by atoms with E-state index >= 15 is 0 Å². The summed E-state index contributed by atoms with van der Waals surface area (Å²) in [7, 11) is 0. The minimum Gasteiger partial charge on any atom is -0.367 e. The molecular formula is C14H13ClFN3O2. The molecule has 1 aromatic carbocycles. The first kappa shape index (κ1) is 15.2. The number of rotatable bonds is 5. The summed E-state index contributed by atoms with van der Waals surface area (Å²) >= 11 is 5.76. The smallest absolute Gasteiger partial charge is 0.276 e. The molecule has 0 saturated heterocycles. The maximum atomic E-state index is 12.8. The van der Waals surface area contributed by atoms with Crippen LogP contribution in [0, 0.1) is 15.9 Å². The molecule has 21 heavy (non-hydrogen) atoms. The third-order valence-corrected chi connectivity index (χ3v) is 3.03. The number of nitrogens with one attached hydrogen (secondary N) is 1. The topological polar surface area (TPSA) is 68.1 Å². The van der Waals surface area contributed by atoms with Gasteiger partial charge in [0, 0.05) is 6.04 Å². The molecule has 0 aliphatic heterocycles. The molecule has 1 aromatic heterocycles. The van der Waals surface area contributed by atoms with Crippen molar-refractivity contribution >= 4 is 23.1 Å². The highest BCUT2D eigenvalue weighted by Gasteiger charge is 2.12. The maximum absolute atomic E-state index is 12.8. The van der Waals surface area contributed by atoms with E-state index in [-0.39, 0.29) is 22.7 Å².